The summed E-state index contributed by atoms with van der Waals surface area (Å²) in [7, 11) is 0. The number of hydrogen-bond donors (Lipinski definition) is 1. The molecule has 0 atom stereocenters. The molecule has 0 spiro atoms. The van der Waals surface area contributed by atoms with E-state index >= 15 is 0 Å². The van der Waals surface area contributed by atoms with E-state index in [1.165, 1.54) is 0 Å². The third-order valence-electron chi connectivity index (χ3n) is 2.58. The van der Waals surface area contributed by atoms with Gasteiger partial charge < -0.3 is 5.11 Å². The van der Waals surface area contributed by atoms with Gasteiger partial charge in [-0.25, -0.2) is 9.97 Å². The predicted octanol–water partition coefficient (Wildman–Crippen LogP) is 2.07. The Morgan fingerprint density at radius 1 is 1.28 bits per heavy atom. The van der Waals surface area contributed by atoms with Gasteiger partial charge in [0.05, 0.1) is 24.0 Å². The molecule has 0 radical (unpaired) electrons. The molecule has 6 heteroatoms. The first-order valence-electron chi connectivity index (χ1n) is 5.34. The first kappa shape index (κ1) is 11.3. The quantitative estimate of drug-likeness (QED) is 0.787. The first-order chi connectivity index (χ1) is 8.78. The summed E-state index contributed by atoms with van der Waals surface area (Å²) >= 11 is 3.43. The lowest BCUT2D eigenvalue weighted by molar-refractivity contribution is 0.276. The van der Waals surface area contributed by atoms with Crippen molar-refractivity contribution < 1.29 is 5.11 Å². The number of halogens is 1. The van der Waals surface area contributed by atoms with Crippen LogP contribution in [0, 0.1) is 0 Å². The molecule has 3 aromatic rings. The minimum Gasteiger partial charge on any atom is -0.390 e. The van der Waals surface area contributed by atoms with Gasteiger partial charge in [0.2, 0.25) is 0 Å². The Kier molecular flexibility index (Phi) is 2.81. The molecule has 2 aromatic heterocycles. The molecular formula is C12H9BrN4O. The normalized spacial score (nSPS) is 11.0. The minimum atomic E-state index is -0.113. The monoisotopic (exact) mass is 304 g/mol. The summed E-state index contributed by atoms with van der Waals surface area (Å²) in [6.45, 7) is -0.113. The summed E-state index contributed by atoms with van der Waals surface area (Å²) in [6, 6.07) is 7.56. The van der Waals surface area contributed by atoms with Gasteiger partial charge in [0.25, 0.3) is 5.95 Å². The molecule has 0 unspecified atom stereocenters. The zero-order chi connectivity index (χ0) is 12.5. The standard InChI is InChI=1S/C12H9BrN4O/c13-9-2-1-8-6-15-17(11(8)5-9)12-14-4-3-10(7-18)16-12/h1-6,18H,7H2. The van der Waals surface area contributed by atoms with Gasteiger partial charge in [0, 0.05) is 16.1 Å². The van der Waals surface area contributed by atoms with Crippen LogP contribution in [0.25, 0.3) is 16.9 Å². The maximum Gasteiger partial charge on any atom is 0.251 e. The fourth-order valence-electron chi connectivity index (χ4n) is 1.73. The number of aliphatic hydroxyl groups excluding tert-OH is 1. The summed E-state index contributed by atoms with van der Waals surface area (Å²) < 4.78 is 2.62. The molecule has 5 nitrogen and oxygen atoms in total. The average molecular weight is 305 g/mol. The van der Waals surface area contributed by atoms with E-state index in [9.17, 15) is 0 Å². The Morgan fingerprint density at radius 3 is 3.00 bits per heavy atom. The first-order valence-corrected chi connectivity index (χ1v) is 6.13. The van der Waals surface area contributed by atoms with Crippen molar-refractivity contribution in [2.45, 2.75) is 6.61 Å². The molecule has 3 rings (SSSR count). The zero-order valence-electron chi connectivity index (χ0n) is 9.29. The number of aliphatic hydroxyl groups is 1. The Bertz CT molecular complexity index is 710. The zero-order valence-corrected chi connectivity index (χ0v) is 10.9. The van der Waals surface area contributed by atoms with Crippen LogP contribution in [0.5, 0.6) is 0 Å². The van der Waals surface area contributed by atoms with Crippen LogP contribution in [0.15, 0.2) is 41.1 Å². The lowest BCUT2D eigenvalue weighted by Crippen LogP contribution is -2.04. The van der Waals surface area contributed by atoms with E-state index in [2.05, 4.69) is 31.0 Å². The van der Waals surface area contributed by atoms with E-state index in [4.69, 9.17) is 5.11 Å². The van der Waals surface area contributed by atoms with Crippen LogP contribution >= 0.6 is 15.9 Å². The highest BCUT2D eigenvalue weighted by Gasteiger charge is 2.08. The highest BCUT2D eigenvalue weighted by Crippen LogP contribution is 2.21. The van der Waals surface area contributed by atoms with Gasteiger partial charge in [-0.05, 0) is 18.2 Å². The van der Waals surface area contributed by atoms with Crippen molar-refractivity contribution >= 4 is 26.8 Å². The van der Waals surface area contributed by atoms with E-state index in [-0.39, 0.29) is 6.61 Å². The van der Waals surface area contributed by atoms with Gasteiger partial charge in [-0.15, -0.1) is 0 Å². The molecule has 0 aliphatic carbocycles. The van der Waals surface area contributed by atoms with Gasteiger partial charge in [-0.2, -0.15) is 9.78 Å². The number of aromatic nitrogens is 4. The third kappa shape index (κ3) is 1.89. The summed E-state index contributed by atoms with van der Waals surface area (Å²) in [5, 5.41) is 14.4. The van der Waals surface area contributed by atoms with Crippen molar-refractivity contribution in [1.82, 2.24) is 19.7 Å². The molecule has 0 amide bonds. The van der Waals surface area contributed by atoms with Crippen molar-refractivity contribution in [3.05, 3.63) is 46.8 Å². The van der Waals surface area contributed by atoms with Crippen LogP contribution in [-0.4, -0.2) is 24.9 Å². The van der Waals surface area contributed by atoms with Gasteiger partial charge >= 0.3 is 0 Å². The second-order valence-corrected chi connectivity index (χ2v) is 4.68. The highest BCUT2D eigenvalue weighted by atomic mass is 79.9. The maximum absolute atomic E-state index is 9.09. The number of rotatable bonds is 2. The Hall–Kier alpha value is -1.79. The molecule has 90 valence electrons. The van der Waals surface area contributed by atoms with Crippen LogP contribution in [0.1, 0.15) is 5.69 Å². The smallest absolute Gasteiger partial charge is 0.251 e. The Labute approximate surface area is 111 Å². The van der Waals surface area contributed by atoms with Gasteiger partial charge in [0.1, 0.15) is 0 Å². The molecule has 0 fully saturated rings. The highest BCUT2D eigenvalue weighted by molar-refractivity contribution is 9.10. The molecule has 0 aliphatic heterocycles. The molecule has 0 saturated heterocycles. The van der Waals surface area contributed by atoms with Crippen molar-refractivity contribution in [3.8, 4) is 5.95 Å². The van der Waals surface area contributed by atoms with Gasteiger partial charge in [-0.3, -0.25) is 0 Å². The molecule has 0 saturated carbocycles. The predicted molar refractivity (Wildman–Crippen MR) is 70.3 cm³/mol. The van der Waals surface area contributed by atoms with E-state index < -0.39 is 0 Å². The van der Waals surface area contributed by atoms with Crippen molar-refractivity contribution in [1.29, 1.82) is 0 Å². The molecule has 18 heavy (non-hydrogen) atoms. The molecule has 2 heterocycles. The minimum absolute atomic E-state index is 0.113. The summed E-state index contributed by atoms with van der Waals surface area (Å²) in [6.07, 6.45) is 3.37. The van der Waals surface area contributed by atoms with E-state index in [0.29, 0.717) is 11.6 Å². The van der Waals surface area contributed by atoms with E-state index in [0.717, 1.165) is 15.4 Å². The lowest BCUT2D eigenvalue weighted by Gasteiger charge is -2.03. The summed E-state index contributed by atoms with van der Waals surface area (Å²) in [5.41, 5.74) is 1.48. The van der Waals surface area contributed by atoms with E-state index in [1.807, 2.05) is 18.2 Å². The summed E-state index contributed by atoms with van der Waals surface area (Å²) in [5.74, 6) is 0.453. The molecule has 1 N–H and O–H groups in total. The number of nitrogens with zero attached hydrogens (tertiary/aromatic N) is 4. The van der Waals surface area contributed by atoms with Crippen molar-refractivity contribution in [2.24, 2.45) is 0 Å². The SMILES string of the molecule is OCc1ccnc(-n2ncc3ccc(Br)cc32)n1. The second-order valence-electron chi connectivity index (χ2n) is 3.77. The van der Waals surface area contributed by atoms with Crippen LogP contribution in [-0.2, 0) is 6.61 Å². The van der Waals surface area contributed by atoms with Crippen LogP contribution in [0.3, 0.4) is 0 Å². The number of benzene rings is 1. The number of fused-ring (bicyclic) bond motifs is 1. The van der Waals surface area contributed by atoms with Crippen LogP contribution < -0.4 is 0 Å². The Morgan fingerprint density at radius 2 is 2.17 bits per heavy atom. The van der Waals surface area contributed by atoms with E-state index in [1.54, 1.807) is 23.1 Å². The Balaban J connectivity index is 2.21. The summed E-state index contributed by atoms with van der Waals surface area (Å²) in [4.78, 5) is 8.41. The fraction of sp³-hybridized carbons (Fsp3) is 0.0833. The maximum atomic E-state index is 9.09. The molecule has 0 bridgehead atoms. The van der Waals surface area contributed by atoms with Crippen LogP contribution in [0.2, 0.25) is 0 Å². The largest absolute Gasteiger partial charge is 0.390 e. The third-order valence-corrected chi connectivity index (χ3v) is 3.08. The second kappa shape index (κ2) is 4.47. The molecular weight excluding hydrogens is 296 g/mol. The average Bonchev–Trinajstić information content (AvgIpc) is 2.81. The van der Waals surface area contributed by atoms with Crippen molar-refractivity contribution in [3.63, 3.8) is 0 Å². The van der Waals surface area contributed by atoms with Gasteiger partial charge in [-0.1, -0.05) is 22.0 Å². The number of hydrogen-bond acceptors (Lipinski definition) is 4. The topological polar surface area (TPSA) is 63.8 Å². The lowest BCUT2D eigenvalue weighted by atomic mass is 10.3. The van der Waals surface area contributed by atoms with Gasteiger partial charge in [0.15, 0.2) is 0 Å². The molecule has 0 aliphatic rings. The van der Waals surface area contributed by atoms with Crippen LogP contribution in [0.4, 0.5) is 0 Å². The molecule has 1 aromatic carbocycles. The van der Waals surface area contributed by atoms with Crippen molar-refractivity contribution in [2.75, 3.05) is 0 Å². The fourth-order valence-corrected chi connectivity index (χ4v) is 2.07.